The van der Waals surface area contributed by atoms with Gasteiger partial charge < -0.3 is 26.5 Å². The van der Waals surface area contributed by atoms with Gasteiger partial charge in [0, 0.05) is 24.9 Å². The number of hydrogen-bond acceptors (Lipinski definition) is 6. The highest BCUT2D eigenvalue weighted by Crippen LogP contribution is 2.09. The lowest BCUT2D eigenvalue weighted by Gasteiger charge is -2.21. The third-order valence-corrected chi connectivity index (χ3v) is 3.98. The fourth-order valence-corrected chi connectivity index (χ4v) is 2.38. The normalized spacial score (nSPS) is 12.4. The second kappa shape index (κ2) is 11.8. The van der Waals surface area contributed by atoms with Gasteiger partial charge in [-0.1, -0.05) is 23.7 Å². The Bertz CT molecular complexity index is 723. The van der Waals surface area contributed by atoms with Crippen molar-refractivity contribution in [2.75, 3.05) is 6.61 Å². The Morgan fingerprint density at radius 1 is 1.11 bits per heavy atom. The van der Waals surface area contributed by atoms with Gasteiger partial charge in [-0.2, -0.15) is 0 Å². The Balaban J connectivity index is 2.78. The Morgan fingerprint density at radius 3 is 2.29 bits per heavy atom. The molecule has 0 aliphatic heterocycles. The van der Waals surface area contributed by atoms with Crippen molar-refractivity contribution >= 4 is 41.3 Å². The largest absolute Gasteiger partial charge is 0.394 e. The zero-order valence-corrected chi connectivity index (χ0v) is 16.1. The number of benzene rings is 1. The molecule has 2 atom stereocenters. The molecule has 9 nitrogen and oxygen atoms in total. The van der Waals surface area contributed by atoms with Gasteiger partial charge in [0.2, 0.25) is 17.7 Å². The van der Waals surface area contributed by atoms with E-state index in [0.29, 0.717) is 11.2 Å². The van der Waals surface area contributed by atoms with Crippen molar-refractivity contribution in [2.24, 2.45) is 0 Å². The lowest BCUT2D eigenvalue weighted by atomic mass is 10.1. The van der Waals surface area contributed by atoms with Gasteiger partial charge in [0.25, 0.3) is 0 Å². The van der Waals surface area contributed by atoms with Crippen molar-refractivity contribution in [1.82, 2.24) is 16.0 Å². The second-order valence-corrected chi connectivity index (χ2v) is 6.43. The summed E-state index contributed by atoms with van der Waals surface area (Å²) in [6, 6.07) is 4.50. The van der Waals surface area contributed by atoms with Gasteiger partial charge in [-0.05, 0) is 24.1 Å². The molecule has 0 aromatic heterocycles. The molecule has 0 unspecified atom stereocenters. The number of amides is 3. The number of Topliss-reactive ketones (excluding diaryl/α,β-unsaturated/α-hetero) is 1. The molecule has 1 aromatic rings. The summed E-state index contributed by atoms with van der Waals surface area (Å²) in [5.74, 6) is -2.31. The number of carbonyl (C=O) groups excluding carboxylic acids is 4. The fraction of sp³-hybridized carbons (Fsp3) is 0.389. The second-order valence-electron chi connectivity index (χ2n) is 5.99. The number of halogens is 1. The standard InChI is InChI=1S/C18H23ClN4O5/c1-11(25)22-16(10-24)18(28)23-15(7-6-14(26)8-20)17(27)21-9-12-2-4-13(19)5-3-12/h2-5,8,15-16,20,24H,6-7,9-10H2,1H3,(H,21,27)(H,22,25)(H,23,28)/t15-,16-/m0/s1. The molecule has 0 bridgehead atoms. The molecule has 5 N–H and O–H groups in total. The molecular weight excluding hydrogens is 388 g/mol. The molecule has 28 heavy (non-hydrogen) atoms. The van der Waals surface area contributed by atoms with E-state index in [1.807, 2.05) is 0 Å². The van der Waals surface area contributed by atoms with Crippen molar-refractivity contribution in [3.05, 3.63) is 34.9 Å². The first kappa shape index (κ1) is 23.3. The van der Waals surface area contributed by atoms with Crippen LogP contribution in [0.25, 0.3) is 0 Å². The molecule has 0 fully saturated rings. The number of ketones is 1. The average molecular weight is 411 g/mol. The number of aliphatic hydroxyl groups is 1. The van der Waals surface area contributed by atoms with Crippen molar-refractivity contribution in [3.63, 3.8) is 0 Å². The van der Waals surface area contributed by atoms with Crippen LogP contribution < -0.4 is 16.0 Å². The fourth-order valence-electron chi connectivity index (χ4n) is 2.25. The first-order valence-corrected chi connectivity index (χ1v) is 8.88. The molecule has 3 amide bonds. The SMILES string of the molecule is CC(=O)N[C@@H](CO)C(=O)N[C@@H](CCC(=O)C=N)C(=O)NCc1ccc(Cl)cc1. The van der Waals surface area contributed by atoms with Gasteiger partial charge in [0.15, 0.2) is 5.78 Å². The Hall–Kier alpha value is -2.78. The first-order chi connectivity index (χ1) is 13.3. The molecule has 0 saturated carbocycles. The van der Waals surface area contributed by atoms with E-state index in [2.05, 4.69) is 16.0 Å². The van der Waals surface area contributed by atoms with E-state index in [1.54, 1.807) is 24.3 Å². The first-order valence-electron chi connectivity index (χ1n) is 8.50. The molecule has 0 radical (unpaired) electrons. The number of rotatable bonds is 11. The molecule has 0 heterocycles. The van der Waals surface area contributed by atoms with Crippen LogP contribution in [0, 0.1) is 5.41 Å². The highest BCUT2D eigenvalue weighted by molar-refractivity contribution is 6.30. The summed E-state index contributed by atoms with van der Waals surface area (Å²) in [5, 5.41) is 24.1. The lowest BCUT2D eigenvalue weighted by molar-refractivity contribution is -0.132. The van der Waals surface area contributed by atoms with Crippen LogP contribution in [-0.2, 0) is 25.7 Å². The van der Waals surface area contributed by atoms with E-state index in [9.17, 15) is 24.3 Å². The number of nitrogens with one attached hydrogen (secondary N) is 4. The van der Waals surface area contributed by atoms with Crippen LogP contribution in [0.3, 0.4) is 0 Å². The molecule has 1 rings (SSSR count). The van der Waals surface area contributed by atoms with Crippen molar-refractivity contribution in [2.45, 2.75) is 38.4 Å². The van der Waals surface area contributed by atoms with Gasteiger partial charge in [0.05, 0.1) is 12.8 Å². The minimum Gasteiger partial charge on any atom is -0.394 e. The van der Waals surface area contributed by atoms with Gasteiger partial charge in [-0.3, -0.25) is 19.2 Å². The van der Waals surface area contributed by atoms with Crippen LogP contribution in [0.2, 0.25) is 5.02 Å². The molecular formula is C18H23ClN4O5. The molecule has 0 spiro atoms. The Labute approximate surface area is 167 Å². The summed E-state index contributed by atoms with van der Waals surface area (Å²) >= 11 is 5.81. The summed E-state index contributed by atoms with van der Waals surface area (Å²) < 4.78 is 0. The highest BCUT2D eigenvalue weighted by atomic mass is 35.5. The summed E-state index contributed by atoms with van der Waals surface area (Å²) in [6.07, 6.45) is 0.482. The van der Waals surface area contributed by atoms with Crippen molar-refractivity contribution in [1.29, 1.82) is 5.41 Å². The molecule has 1 aromatic carbocycles. The summed E-state index contributed by atoms with van der Waals surface area (Å²) in [4.78, 5) is 47.2. The Kier molecular flexibility index (Phi) is 9.83. The predicted molar refractivity (Wildman–Crippen MR) is 103 cm³/mol. The smallest absolute Gasteiger partial charge is 0.245 e. The molecule has 10 heteroatoms. The third kappa shape index (κ3) is 8.28. The average Bonchev–Trinajstić information content (AvgIpc) is 2.67. The number of aliphatic hydroxyl groups excluding tert-OH is 1. The van der Waals surface area contributed by atoms with Crippen molar-refractivity contribution < 1.29 is 24.3 Å². The Morgan fingerprint density at radius 2 is 1.75 bits per heavy atom. The summed E-state index contributed by atoms with van der Waals surface area (Å²) in [7, 11) is 0. The zero-order valence-electron chi connectivity index (χ0n) is 15.3. The topological polar surface area (TPSA) is 148 Å². The van der Waals surface area contributed by atoms with Crippen molar-refractivity contribution in [3.8, 4) is 0 Å². The molecule has 0 aliphatic rings. The minimum absolute atomic E-state index is 0.0371. The van der Waals surface area contributed by atoms with E-state index in [-0.39, 0.29) is 19.4 Å². The predicted octanol–water partition coefficient (Wildman–Crippen LogP) is -0.0631. The van der Waals surface area contributed by atoms with Crippen LogP contribution in [0.1, 0.15) is 25.3 Å². The van der Waals surface area contributed by atoms with E-state index < -0.39 is 42.2 Å². The van der Waals surface area contributed by atoms with E-state index >= 15 is 0 Å². The zero-order chi connectivity index (χ0) is 21.1. The third-order valence-electron chi connectivity index (χ3n) is 3.73. The maximum Gasteiger partial charge on any atom is 0.245 e. The van der Waals surface area contributed by atoms with Crippen LogP contribution in [0.15, 0.2) is 24.3 Å². The summed E-state index contributed by atoms with van der Waals surface area (Å²) in [5.41, 5.74) is 0.782. The maximum atomic E-state index is 12.5. The van der Waals surface area contributed by atoms with Crippen LogP contribution in [-0.4, -0.2) is 53.5 Å². The van der Waals surface area contributed by atoms with E-state index in [4.69, 9.17) is 17.0 Å². The molecule has 0 saturated heterocycles. The van der Waals surface area contributed by atoms with Gasteiger partial charge in [-0.15, -0.1) is 0 Å². The summed E-state index contributed by atoms with van der Waals surface area (Å²) in [6.45, 7) is 0.717. The van der Waals surface area contributed by atoms with Crippen LogP contribution >= 0.6 is 11.6 Å². The molecule has 0 aliphatic carbocycles. The van der Waals surface area contributed by atoms with Crippen LogP contribution in [0.5, 0.6) is 0 Å². The lowest BCUT2D eigenvalue weighted by Crippen LogP contribution is -2.54. The quantitative estimate of drug-likeness (QED) is 0.324. The van der Waals surface area contributed by atoms with Gasteiger partial charge in [-0.25, -0.2) is 0 Å². The van der Waals surface area contributed by atoms with E-state index in [1.165, 1.54) is 6.92 Å². The van der Waals surface area contributed by atoms with E-state index in [0.717, 1.165) is 5.56 Å². The number of hydrogen-bond donors (Lipinski definition) is 5. The van der Waals surface area contributed by atoms with Gasteiger partial charge in [0.1, 0.15) is 12.1 Å². The monoisotopic (exact) mass is 410 g/mol. The van der Waals surface area contributed by atoms with Crippen LogP contribution in [0.4, 0.5) is 0 Å². The number of carbonyl (C=O) groups is 4. The maximum absolute atomic E-state index is 12.5. The minimum atomic E-state index is -1.22. The molecule has 152 valence electrons. The highest BCUT2D eigenvalue weighted by Gasteiger charge is 2.26. The van der Waals surface area contributed by atoms with Gasteiger partial charge >= 0.3 is 0 Å².